The Morgan fingerprint density at radius 1 is 1.62 bits per heavy atom. The van der Waals surface area contributed by atoms with Crippen LogP contribution in [0.1, 0.15) is 5.01 Å². The van der Waals surface area contributed by atoms with Crippen molar-refractivity contribution in [2.24, 2.45) is 0 Å². The third-order valence-electron chi connectivity index (χ3n) is 1.78. The van der Waals surface area contributed by atoms with Gasteiger partial charge in [-0.25, -0.2) is 9.78 Å². The summed E-state index contributed by atoms with van der Waals surface area (Å²) in [5.74, 6) is -0.288. The van der Waals surface area contributed by atoms with E-state index in [1.807, 2.05) is 11.4 Å². The van der Waals surface area contributed by atoms with Crippen molar-refractivity contribution in [3.8, 4) is 11.5 Å². The Morgan fingerprint density at radius 3 is 3.19 bits per heavy atom. The molecule has 0 amide bonds. The van der Waals surface area contributed by atoms with Crippen LogP contribution in [0.5, 0.6) is 0 Å². The topological polar surface area (TPSA) is 72.6 Å². The van der Waals surface area contributed by atoms with Gasteiger partial charge in [0.25, 0.3) is 0 Å². The van der Waals surface area contributed by atoms with Crippen LogP contribution in [0, 0.1) is 0 Å². The highest BCUT2D eigenvalue weighted by Gasteiger charge is 2.07. The van der Waals surface area contributed by atoms with Crippen molar-refractivity contribution in [1.29, 1.82) is 0 Å². The van der Waals surface area contributed by atoms with Crippen LogP contribution < -0.4 is 0 Å². The summed E-state index contributed by atoms with van der Waals surface area (Å²) in [4.78, 5) is 14.5. The first-order chi connectivity index (χ1) is 7.75. The molecule has 5 nitrogen and oxygen atoms in total. The molecule has 1 N–H and O–H groups in total. The first-order valence-corrected chi connectivity index (χ1v) is 5.41. The number of ether oxygens (including phenoxy) is 1. The van der Waals surface area contributed by atoms with Gasteiger partial charge in [-0.15, -0.1) is 11.3 Å². The van der Waals surface area contributed by atoms with Crippen LogP contribution in [0.25, 0.3) is 11.5 Å². The molecule has 0 radical (unpaired) electrons. The number of aliphatic carboxylic acids is 1. The quantitative estimate of drug-likeness (QED) is 0.863. The van der Waals surface area contributed by atoms with Gasteiger partial charge in [-0.1, -0.05) is 0 Å². The van der Waals surface area contributed by atoms with E-state index < -0.39 is 5.97 Å². The summed E-state index contributed by atoms with van der Waals surface area (Å²) in [7, 11) is 0. The number of hydrogen-bond donors (Lipinski definition) is 1. The van der Waals surface area contributed by atoms with Crippen molar-refractivity contribution in [2.75, 3.05) is 6.61 Å². The zero-order chi connectivity index (χ0) is 11.4. The standard InChI is InChI=1S/C10H9NO4S/c12-10(13)5-14-4-9-11-7(6-16-9)8-2-1-3-15-8/h1-3,6H,4-5H2,(H,12,13). The third-order valence-corrected chi connectivity index (χ3v) is 2.60. The number of thiazole rings is 1. The Labute approximate surface area is 95.3 Å². The Morgan fingerprint density at radius 2 is 2.50 bits per heavy atom. The monoisotopic (exact) mass is 239 g/mol. The Bertz CT molecular complexity index is 463. The highest BCUT2D eigenvalue weighted by atomic mass is 32.1. The molecule has 0 aliphatic heterocycles. The van der Waals surface area contributed by atoms with Gasteiger partial charge < -0.3 is 14.3 Å². The van der Waals surface area contributed by atoms with Crippen LogP contribution >= 0.6 is 11.3 Å². The fourth-order valence-electron chi connectivity index (χ4n) is 1.14. The van der Waals surface area contributed by atoms with E-state index in [0.29, 0.717) is 5.76 Å². The average Bonchev–Trinajstić information content (AvgIpc) is 2.85. The fraction of sp³-hybridized carbons (Fsp3) is 0.200. The van der Waals surface area contributed by atoms with Crippen LogP contribution in [-0.4, -0.2) is 22.7 Å². The molecule has 0 fully saturated rings. The number of aromatic nitrogens is 1. The number of carboxylic acids is 1. The van der Waals surface area contributed by atoms with Crippen LogP contribution in [0.4, 0.5) is 0 Å². The second-order valence-corrected chi connectivity index (χ2v) is 3.93. The largest absolute Gasteiger partial charge is 0.480 e. The van der Waals surface area contributed by atoms with Gasteiger partial charge in [0.05, 0.1) is 12.9 Å². The molecule has 0 aliphatic carbocycles. The Hall–Kier alpha value is -1.66. The molecule has 6 heteroatoms. The Kier molecular flexibility index (Phi) is 3.33. The molecule has 0 aromatic carbocycles. The van der Waals surface area contributed by atoms with Crippen LogP contribution in [0.15, 0.2) is 28.2 Å². The number of carbonyl (C=O) groups is 1. The van der Waals surface area contributed by atoms with Crippen molar-refractivity contribution in [3.05, 3.63) is 28.8 Å². The summed E-state index contributed by atoms with van der Waals surface area (Å²) in [5, 5.41) is 11.0. The maximum absolute atomic E-state index is 10.2. The number of carboxylic acid groups (broad SMARTS) is 1. The lowest BCUT2D eigenvalue weighted by atomic mass is 10.4. The molecule has 0 saturated carbocycles. The van der Waals surface area contributed by atoms with E-state index in [1.165, 1.54) is 11.3 Å². The van der Waals surface area contributed by atoms with E-state index in [1.54, 1.807) is 12.3 Å². The maximum Gasteiger partial charge on any atom is 0.329 e. The summed E-state index contributed by atoms with van der Waals surface area (Å²) < 4.78 is 10.1. The van der Waals surface area contributed by atoms with E-state index in [9.17, 15) is 4.79 Å². The lowest BCUT2D eigenvalue weighted by Crippen LogP contribution is -2.06. The number of rotatable bonds is 5. The second kappa shape index (κ2) is 4.91. The van der Waals surface area contributed by atoms with Crippen molar-refractivity contribution in [1.82, 2.24) is 4.98 Å². The minimum absolute atomic E-state index is 0.206. The molecule has 0 spiro atoms. The molecule has 0 atom stereocenters. The van der Waals surface area contributed by atoms with E-state index in [2.05, 4.69) is 4.98 Å². The van der Waals surface area contributed by atoms with E-state index in [4.69, 9.17) is 14.3 Å². The van der Waals surface area contributed by atoms with Gasteiger partial charge in [-0.2, -0.15) is 0 Å². The van der Waals surface area contributed by atoms with Gasteiger partial charge in [0.1, 0.15) is 17.3 Å². The molecule has 2 heterocycles. The first kappa shape index (κ1) is 10.8. The summed E-state index contributed by atoms with van der Waals surface area (Å²) in [6.07, 6.45) is 1.58. The van der Waals surface area contributed by atoms with Gasteiger partial charge in [-0.05, 0) is 12.1 Å². The molecular weight excluding hydrogens is 230 g/mol. The third kappa shape index (κ3) is 2.68. The highest BCUT2D eigenvalue weighted by molar-refractivity contribution is 7.09. The summed E-state index contributed by atoms with van der Waals surface area (Å²) >= 11 is 1.41. The maximum atomic E-state index is 10.2. The smallest absolute Gasteiger partial charge is 0.329 e. The minimum Gasteiger partial charge on any atom is -0.480 e. The first-order valence-electron chi connectivity index (χ1n) is 4.53. The SMILES string of the molecule is O=C(O)COCc1nc(-c2ccco2)cs1. The number of hydrogen-bond acceptors (Lipinski definition) is 5. The summed E-state index contributed by atoms with van der Waals surface area (Å²) in [6, 6.07) is 3.60. The lowest BCUT2D eigenvalue weighted by Gasteiger charge is -1.95. The van der Waals surface area contributed by atoms with Crippen molar-refractivity contribution in [2.45, 2.75) is 6.61 Å². The van der Waals surface area contributed by atoms with E-state index in [-0.39, 0.29) is 13.2 Å². The predicted octanol–water partition coefficient (Wildman–Crippen LogP) is 2.00. The van der Waals surface area contributed by atoms with Crippen LogP contribution in [0.3, 0.4) is 0 Å². The normalized spacial score (nSPS) is 10.5. The second-order valence-electron chi connectivity index (χ2n) is 2.99. The van der Waals surface area contributed by atoms with Gasteiger partial charge >= 0.3 is 5.97 Å². The zero-order valence-electron chi connectivity index (χ0n) is 8.25. The molecular formula is C10H9NO4S. The van der Waals surface area contributed by atoms with Crippen LogP contribution in [0.2, 0.25) is 0 Å². The van der Waals surface area contributed by atoms with Gasteiger partial charge in [0.2, 0.25) is 0 Å². The minimum atomic E-state index is -0.984. The Balaban J connectivity index is 1.95. The molecule has 2 aromatic rings. The lowest BCUT2D eigenvalue weighted by molar-refractivity contribution is -0.142. The number of furan rings is 1. The van der Waals surface area contributed by atoms with Crippen molar-refractivity contribution < 1.29 is 19.1 Å². The molecule has 0 unspecified atom stereocenters. The molecule has 0 aliphatic rings. The molecule has 0 bridgehead atoms. The van der Waals surface area contributed by atoms with Gasteiger partial charge in [0.15, 0.2) is 5.76 Å². The van der Waals surface area contributed by atoms with Gasteiger partial charge in [0, 0.05) is 5.38 Å². The molecule has 16 heavy (non-hydrogen) atoms. The van der Waals surface area contributed by atoms with E-state index in [0.717, 1.165) is 10.7 Å². The number of nitrogens with zero attached hydrogens (tertiary/aromatic N) is 1. The highest BCUT2D eigenvalue weighted by Crippen LogP contribution is 2.22. The summed E-state index contributed by atoms with van der Waals surface area (Å²) in [6.45, 7) is -0.104. The summed E-state index contributed by atoms with van der Waals surface area (Å²) in [5.41, 5.74) is 0.740. The zero-order valence-corrected chi connectivity index (χ0v) is 9.07. The van der Waals surface area contributed by atoms with Crippen molar-refractivity contribution >= 4 is 17.3 Å². The van der Waals surface area contributed by atoms with Crippen molar-refractivity contribution in [3.63, 3.8) is 0 Å². The molecule has 0 saturated heterocycles. The fourth-order valence-corrected chi connectivity index (χ4v) is 1.86. The van der Waals surface area contributed by atoms with Gasteiger partial charge in [-0.3, -0.25) is 0 Å². The average molecular weight is 239 g/mol. The molecule has 84 valence electrons. The predicted molar refractivity (Wildman–Crippen MR) is 57.1 cm³/mol. The van der Waals surface area contributed by atoms with Crippen LogP contribution in [-0.2, 0) is 16.1 Å². The molecule has 2 rings (SSSR count). The molecule has 2 aromatic heterocycles. The van der Waals surface area contributed by atoms with E-state index >= 15 is 0 Å².